The maximum Gasteiger partial charge on any atom is 0.320 e. The molecule has 0 radical (unpaired) electrons. The summed E-state index contributed by atoms with van der Waals surface area (Å²) in [4.78, 5) is 12.4. The van der Waals surface area contributed by atoms with Crippen LogP contribution >= 0.6 is 11.3 Å². The molecule has 0 saturated heterocycles. The predicted octanol–water partition coefficient (Wildman–Crippen LogP) is 2.48. The molecule has 0 aliphatic heterocycles. The highest BCUT2D eigenvalue weighted by molar-refractivity contribution is 7.09. The van der Waals surface area contributed by atoms with E-state index in [1.54, 1.807) is 11.3 Å². The highest BCUT2D eigenvalue weighted by Gasteiger charge is 2.29. The second kappa shape index (κ2) is 5.46. The van der Waals surface area contributed by atoms with Gasteiger partial charge in [-0.2, -0.15) is 0 Å². The van der Waals surface area contributed by atoms with Gasteiger partial charge in [0.05, 0.1) is 0 Å². The number of aliphatic carboxylic acids is 1. The highest BCUT2D eigenvalue weighted by Crippen LogP contribution is 2.28. The van der Waals surface area contributed by atoms with Crippen LogP contribution in [0.5, 0.6) is 0 Å². The first-order chi connectivity index (χ1) is 7.77. The number of carboxylic acid groups (broad SMARTS) is 1. The van der Waals surface area contributed by atoms with E-state index in [9.17, 15) is 9.90 Å². The first kappa shape index (κ1) is 11.6. The van der Waals surface area contributed by atoms with Gasteiger partial charge in [0.1, 0.15) is 6.04 Å². The summed E-state index contributed by atoms with van der Waals surface area (Å²) >= 11 is 1.66. The zero-order valence-electron chi connectivity index (χ0n) is 9.19. The summed E-state index contributed by atoms with van der Waals surface area (Å²) in [5.41, 5.74) is 0. The van der Waals surface area contributed by atoms with Gasteiger partial charge in [-0.1, -0.05) is 18.9 Å². The Balaban J connectivity index is 1.90. The van der Waals surface area contributed by atoms with E-state index in [2.05, 4.69) is 5.32 Å². The molecule has 88 valence electrons. The van der Waals surface area contributed by atoms with Crippen LogP contribution in [0.2, 0.25) is 0 Å². The van der Waals surface area contributed by atoms with Crippen LogP contribution in [0.15, 0.2) is 17.5 Å². The average Bonchev–Trinajstić information content (AvgIpc) is 2.88. The van der Waals surface area contributed by atoms with Crippen LogP contribution in [0.4, 0.5) is 0 Å². The summed E-state index contributed by atoms with van der Waals surface area (Å²) in [6.45, 7) is 0.672. The van der Waals surface area contributed by atoms with E-state index in [0.717, 1.165) is 12.8 Å². The molecule has 3 nitrogen and oxygen atoms in total. The lowest BCUT2D eigenvalue weighted by atomic mass is 9.98. The zero-order valence-corrected chi connectivity index (χ0v) is 10.0. The molecule has 2 N–H and O–H groups in total. The van der Waals surface area contributed by atoms with E-state index in [-0.39, 0.29) is 6.04 Å². The van der Waals surface area contributed by atoms with Crippen molar-refractivity contribution in [3.05, 3.63) is 22.4 Å². The topological polar surface area (TPSA) is 49.3 Å². The minimum atomic E-state index is -0.705. The standard InChI is InChI=1S/C12H17NO2S/c14-12(15)11(9-4-1-2-5-9)13-8-10-6-3-7-16-10/h3,6-7,9,11,13H,1-2,4-5,8H2,(H,14,15). The van der Waals surface area contributed by atoms with Crippen LogP contribution in [0.3, 0.4) is 0 Å². The molecule has 0 amide bonds. The number of thiophene rings is 1. The fourth-order valence-electron chi connectivity index (χ4n) is 2.37. The van der Waals surface area contributed by atoms with Gasteiger partial charge in [0.2, 0.25) is 0 Å². The Labute approximate surface area is 99.5 Å². The molecule has 1 heterocycles. The maximum absolute atomic E-state index is 11.2. The molecule has 0 spiro atoms. The first-order valence-electron chi connectivity index (χ1n) is 5.76. The van der Waals surface area contributed by atoms with E-state index in [1.165, 1.54) is 17.7 Å². The largest absolute Gasteiger partial charge is 0.480 e. The summed E-state index contributed by atoms with van der Waals surface area (Å²) in [6.07, 6.45) is 4.45. The van der Waals surface area contributed by atoms with Crippen molar-refractivity contribution in [3.8, 4) is 0 Å². The summed E-state index contributed by atoms with van der Waals surface area (Å²) in [5, 5.41) is 14.4. The number of hydrogen-bond donors (Lipinski definition) is 2. The van der Waals surface area contributed by atoms with Crippen molar-refractivity contribution in [2.75, 3.05) is 0 Å². The predicted molar refractivity (Wildman–Crippen MR) is 64.5 cm³/mol. The molecule has 1 unspecified atom stereocenters. The monoisotopic (exact) mass is 239 g/mol. The van der Waals surface area contributed by atoms with Crippen LogP contribution in [-0.2, 0) is 11.3 Å². The molecule has 0 bridgehead atoms. The molecule has 4 heteroatoms. The first-order valence-corrected chi connectivity index (χ1v) is 6.64. The Kier molecular flexibility index (Phi) is 3.96. The third kappa shape index (κ3) is 2.83. The van der Waals surface area contributed by atoms with Crippen LogP contribution in [0.25, 0.3) is 0 Å². The van der Waals surface area contributed by atoms with E-state index in [4.69, 9.17) is 0 Å². The van der Waals surface area contributed by atoms with Crippen LogP contribution in [-0.4, -0.2) is 17.1 Å². The quantitative estimate of drug-likeness (QED) is 0.830. The van der Waals surface area contributed by atoms with Crippen molar-refractivity contribution < 1.29 is 9.90 Å². The molecule has 0 aromatic carbocycles. The molecule has 1 aromatic rings. The van der Waals surface area contributed by atoms with E-state index >= 15 is 0 Å². The number of hydrogen-bond acceptors (Lipinski definition) is 3. The summed E-state index contributed by atoms with van der Waals surface area (Å²) in [6, 6.07) is 3.66. The average molecular weight is 239 g/mol. The fourth-order valence-corrected chi connectivity index (χ4v) is 3.03. The third-order valence-electron chi connectivity index (χ3n) is 3.21. The lowest BCUT2D eigenvalue weighted by Crippen LogP contribution is -2.41. The van der Waals surface area contributed by atoms with Crippen molar-refractivity contribution >= 4 is 17.3 Å². The summed E-state index contributed by atoms with van der Waals surface area (Å²) in [7, 11) is 0. The second-order valence-electron chi connectivity index (χ2n) is 4.32. The Morgan fingerprint density at radius 3 is 2.88 bits per heavy atom. The molecule has 1 aliphatic rings. The van der Waals surface area contributed by atoms with E-state index in [1.807, 2.05) is 17.5 Å². The Morgan fingerprint density at radius 2 is 2.31 bits per heavy atom. The zero-order chi connectivity index (χ0) is 11.4. The summed E-state index contributed by atoms with van der Waals surface area (Å²) < 4.78 is 0. The smallest absolute Gasteiger partial charge is 0.320 e. The van der Waals surface area contributed by atoms with Gasteiger partial charge in [-0.15, -0.1) is 11.3 Å². The number of nitrogens with one attached hydrogen (secondary N) is 1. The van der Waals surface area contributed by atoms with Gasteiger partial charge in [-0.3, -0.25) is 10.1 Å². The number of carboxylic acids is 1. The normalized spacial score (nSPS) is 18.8. The van der Waals surface area contributed by atoms with Gasteiger partial charge in [0.15, 0.2) is 0 Å². The van der Waals surface area contributed by atoms with Gasteiger partial charge in [-0.05, 0) is 30.2 Å². The fraction of sp³-hybridized carbons (Fsp3) is 0.583. The molecule has 1 fully saturated rings. The highest BCUT2D eigenvalue weighted by atomic mass is 32.1. The van der Waals surface area contributed by atoms with Gasteiger partial charge in [0.25, 0.3) is 0 Å². The molecule has 1 aromatic heterocycles. The third-order valence-corrected chi connectivity index (χ3v) is 4.09. The van der Waals surface area contributed by atoms with Gasteiger partial charge < -0.3 is 5.11 Å². The lowest BCUT2D eigenvalue weighted by molar-refractivity contribution is -0.141. The molecule has 16 heavy (non-hydrogen) atoms. The minimum absolute atomic E-state index is 0.317. The minimum Gasteiger partial charge on any atom is -0.480 e. The van der Waals surface area contributed by atoms with Gasteiger partial charge in [0, 0.05) is 11.4 Å². The van der Waals surface area contributed by atoms with Crippen molar-refractivity contribution in [3.63, 3.8) is 0 Å². The van der Waals surface area contributed by atoms with Crippen molar-refractivity contribution in [2.45, 2.75) is 38.3 Å². The Hall–Kier alpha value is -0.870. The lowest BCUT2D eigenvalue weighted by Gasteiger charge is -2.20. The van der Waals surface area contributed by atoms with Gasteiger partial charge >= 0.3 is 5.97 Å². The Bertz CT molecular complexity index is 331. The maximum atomic E-state index is 11.2. The Morgan fingerprint density at radius 1 is 1.56 bits per heavy atom. The SMILES string of the molecule is O=C(O)C(NCc1cccs1)C1CCCC1. The number of carbonyl (C=O) groups is 1. The van der Waals surface area contributed by atoms with Crippen LogP contribution < -0.4 is 5.32 Å². The van der Waals surface area contributed by atoms with E-state index in [0.29, 0.717) is 12.5 Å². The van der Waals surface area contributed by atoms with Crippen molar-refractivity contribution in [2.24, 2.45) is 5.92 Å². The molecule has 1 saturated carbocycles. The van der Waals surface area contributed by atoms with Gasteiger partial charge in [-0.25, -0.2) is 0 Å². The molecule has 2 rings (SSSR count). The molecular weight excluding hydrogens is 222 g/mol. The van der Waals surface area contributed by atoms with Crippen LogP contribution in [0, 0.1) is 5.92 Å². The molecular formula is C12H17NO2S. The second-order valence-corrected chi connectivity index (χ2v) is 5.35. The van der Waals surface area contributed by atoms with E-state index < -0.39 is 5.97 Å². The number of rotatable bonds is 5. The summed E-state index contributed by atoms with van der Waals surface area (Å²) in [5.74, 6) is -0.388. The molecule has 1 atom stereocenters. The van der Waals surface area contributed by atoms with Crippen LogP contribution in [0.1, 0.15) is 30.6 Å². The van der Waals surface area contributed by atoms with Crippen molar-refractivity contribution in [1.82, 2.24) is 5.32 Å². The molecule has 1 aliphatic carbocycles. The van der Waals surface area contributed by atoms with Crippen molar-refractivity contribution in [1.29, 1.82) is 0 Å².